The number of nitrogens with zero attached hydrogens (tertiary/aromatic N) is 1. The first-order chi connectivity index (χ1) is 12.0. The number of phenolic OH excluding ortho intramolecular Hbond substituents is 1. The number of aromatic hydroxyl groups is 1. The third-order valence-electron chi connectivity index (χ3n) is 3.61. The van der Waals surface area contributed by atoms with Gasteiger partial charge in [-0.15, -0.1) is 0 Å². The molecule has 3 aromatic carbocycles. The molecular formula is C19H14F2N2O2. The molecule has 0 radical (unpaired) electrons. The second-order valence-corrected chi connectivity index (χ2v) is 5.37. The van der Waals surface area contributed by atoms with Crippen molar-refractivity contribution in [2.75, 3.05) is 11.9 Å². The first-order valence-electron chi connectivity index (χ1n) is 7.50. The Balaban J connectivity index is 1.72. The van der Waals surface area contributed by atoms with E-state index < -0.39 is 17.5 Å². The van der Waals surface area contributed by atoms with Gasteiger partial charge >= 0.3 is 0 Å². The molecule has 4 nitrogen and oxygen atoms in total. The zero-order valence-corrected chi connectivity index (χ0v) is 13.0. The molecule has 0 fully saturated rings. The summed E-state index contributed by atoms with van der Waals surface area (Å²) < 4.78 is 26.0. The van der Waals surface area contributed by atoms with Crippen LogP contribution in [0.4, 0.5) is 14.5 Å². The predicted molar refractivity (Wildman–Crippen MR) is 93.1 cm³/mol. The van der Waals surface area contributed by atoms with Crippen molar-refractivity contribution in [3.63, 3.8) is 0 Å². The number of amides is 1. The van der Waals surface area contributed by atoms with Crippen LogP contribution in [0.15, 0.2) is 59.6 Å². The van der Waals surface area contributed by atoms with Gasteiger partial charge in [-0.3, -0.25) is 9.79 Å². The first kappa shape index (κ1) is 16.6. The number of anilines is 1. The molecule has 3 aromatic rings. The van der Waals surface area contributed by atoms with E-state index >= 15 is 0 Å². The Morgan fingerprint density at radius 2 is 1.88 bits per heavy atom. The third kappa shape index (κ3) is 3.80. The summed E-state index contributed by atoms with van der Waals surface area (Å²) in [5.74, 6) is -2.45. The van der Waals surface area contributed by atoms with Crippen molar-refractivity contribution in [3.05, 3.63) is 71.8 Å². The quantitative estimate of drug-likeness (QED) is 0.708. The summed E-state index contributed by atoms with van der Waals surface area (Å²) >= 11 is 0. The van der Waals surface area contributed by atoms with Crippen LogP contribution in [-0.2, 0) is 4.79 Å². The number of hydrogen-bond acceptors (Lipinski definition) is 3. The van der Waals surface area contributed by atoms with Gasteiger partial charge in [0.05, 0.1) is 0 Å². The van der Waals surface area contributed by atoms with Gasteiger partial charge in [-0.2, -0.15) is 0 Å². The number of fused-ring (bicyclic) bond motifs is 1. The topological polar surface area (TPSA) is 61.7 Å². The molecule has 0 aliphatic carbocycles. The molecule has 0 spiro atoms. The van der Waals surface area contributed by atoms with E-state index in [1.807, 2.05) is 24.3 Å². The normalized spacial score (nSPS) is 11.1. The van der Waals surface area contributed by atoms with Gasteiger partial charge < -0.3 is 10.4 Å². The van der Waals surface area contributed by atoms with E-state index in [0.717, 1.165) is 22.9 Å². The number of phenols is 1. The van der Waals surface area contributed by atoms with E-state index in [4.69, 9.17) is 0 Å². The monoisotopic (exact) mass is 340 g/mol. The van der Waals surface area contributed by atoms with Crippen LogP contribution >= 0.6 is 0 Å². The van der Waals surface area contributed by atoms with Crippen LogP contribution < -0.4 is 5.32 Å². The summed E-state index contributed by atoms with van der Waals surface area (Å²) in [5.41, 5.74) is 0.658. The Morgan fingerprint density at radius 1 is 1.08 bits per heavy atom. The first-order valence-corrected chi connectivity index (χ1v) is 7.50. The van der Waals surface area contributed by atoms with Crippen LogP contribution in [0.25, 0.3) is 10.8 Å². The second kappa shape index (κ2) is 7.09. The fraction of sp³-hybridized carbons (Fsp3) is 0.0526. The minimum atomic E-state index is -1.04. The van der Waals surface area contributed by atoms with E-state index in [0.29, 0.717) is 5.56 Å². The molecule has 0 bridgehead atoms. The van der Waals surface area contributed by atoms with E-state index in [1.54, 1.807) is 12.1 Å². The minimum Gasteiger partial charge on any atom is -0.507 e. The van der Waals surface area contributed by atoms with Crippen LogP contribution in [0.3, 0.4) is 0 Å². The Hall–Kier alpha value is -3.28. The lowest BCUT2D eigenvalue weighted by atomic mass is 10.0. The van der Waals surface area contributed by atoms with Crippen LogP contribution in [0.5, 0.6) is 5.75 Å². The van der Waals surface area contributed by atoms with Gasteiger partial charge in [-0.05, 0) is 29.0 Å². The molecule has 126 valence electrons. The molecule has 0 saturated carbocycles. The van der Waals surface area contributed by atoms with Crippen LogP contribution in [0.1, 0.15) is 5.56 Å². The number of benzene rings is 3. The lowest BCUT2D eigenvalue weighted by Gasteiger charge is -2.05. The zero-order chi connectivity index (χ0) is 17.8. The minimum absolute atomic E-state index is 0.0588. The second-order valence-electron chi connectivity index (χ2n) is 5.37. The standard InChI is InChI=1S/C19H14F2N2O2/c20-16-7-6-13(9-17(16)21)23-19(25)11-22-10-15-14-4-2-1-3-12(14)5-8-18(15)24/h1-10,24H,11H2,(H,23,25). The summed E-state index contributed by atoms with van der Waals surface area (Å²) in [4.78, 5) is 15.9. The highest BCUT2D eigenvalue weighted by atomic mass is 19.2. The average molecular weight is 340 g/mol. The van der Waals surface area contributed by atoms with Gasteiger partial charge in [0.25, 0.3) is 0 Å². The van der Waals surface area contributed by atoms with Gasteiger partial charge in [0.1, 0.15) is 12.3 Å². The largest absolute Gasteiger partial charge is 0.507 e. The lowest BCUT2D eigenvalue weighted by Crippen LogP contribution is -2.15. The molecule has 0 aliphatic rings. The van der Waals surface area contributed by atoms with E-state index in [2.05, 4.69) is 10.3 Å². The number of aliphatic imine (C=N–C) groups is 1. The van der Waals surface area contributed by atoms with Crippen molar-refractivity contribution in [3.8, 4) is 5.75 Å². The van der Waals surface area contributed by atoms with Crippen molar-refractivity contribution in [2.45, 2.75) is 0 Å². The molecule has 0 saturated heterocycles. The average Bonchev–Trinajstić information content (AvgIpc) is 2.60. The van der Waals surface area contributed by atoms with E-state index in [9.17, 15) is 18.7 Å². The van der Waals surface area contributed by atoms with Crippen molar-refractivity contribution in [1.29, 1.82) is 0 Å². The Kier molecular flexibility index (Phi) is 4.70. The molecule has 0 atom stereocenters. The Bertz CT molecular complexity index is 971. The number of carbonyl (C=O) groups excluding carboxylic acids is 1. The van der Waals surface area contributed by atoms with Crippen molar-refractivity contribution >= 4 is 28.6 Å². The van der Waals surface area contributed by atoms with Gasteiger partial charge in [-0.1, -0.05) is 30.3 Å². The fourth-order valence-corrected chi connectivity index (χ4v) is 2.41. The van der Waals surface area contributed by atoms with Crippen LogP contribution in [-0.4, -0.2) is 23.8 Å². The highest BCUT2D eigenvalue weighted by molar-refractivity contribution is 6.03. The van der Waals surface area contributed by atoms with Crippen molar-refractivity contribution in [2.24, 2.45) is 4.99 Å². The molecule has 0 heterocycles. The summed E-state index contributed by atoms with van der Waals surface area (Å²) in [6, 6.07) is 13.9. The number of hydrogen-bond donors (Lipinski definition) is 2. The molecule has 3 rings (SSSR count). The molecular weight excluding hydrogens is 326 g/mol. The highest BCUT2D eigenvalue weighted by Gasteiger charge is 2.07. The van der Waals surface area contributed by atoms with Gasteiger partial charge in [0.15, 0.2) is 11.6 Å². The van der Waals surface area contributed by atoms with E-state index in [1.165, 1.54) is 12.3 Å². The zero-order valence-electron chi connectivity index (χ0n) is 13.0. The molecule has 0 aliphatic heterocycles. The lowest BCUT2D eigenvalue weighted by molar-refractivity contribution is -0.114. The third-order valence-corrected chi connectivity index (χ3v) is 3.61. The molecule has 6 heteroatoms. The molecule has 1 amide bonds. The van der Waals surface area contributed by atoms with Gasteiger partial charge in [-0.25, -0.2) is 8.78 Å². The van der Waals surface area contributed by atoms with E-state index in [-0.39, 0.29) is 18.0 Å². The maximum Gasteiger partial charge on any atom is 0.246 e. The smallest absolute Gasteiger partial charge is 0.246 e. The summed E-state index contributed by atoms with van der Waals surface area (Å²) in [6.45, 7) is -0.221. The number of rotatable bonds is 4. The van der Waals surface area contributed by atoms with Gasteiger partial charge in [0, 0.05) is 23.5 Å². The molecule has 2 N–H and O–H groups in total. The number of halogens is 2. The predicted octanol–water partition coefficient (Wildman–Crippen LogP) is 3.88. The molecule has 0 unspecified atom stereocenters. The Morgan fingerprint density at radius 3 is 2.68 bits per heavy atom. The fourth-order valence-electron chi connectivity index (χ4n) is 2.41. The van der Waals surface area contributed by atoms with Crippen molar-refractivity contribution in [1.82, 2.24) is 0 Å². The summed E-state index contributed by atoms with van der Waals surface area (Å²) in [7, 11) is 0. The maximum absolute atomic E-state index is 13.1. The maximum atomic E-state index is 13.1. The van der Waals surface area contributed by atoms with Crippen LogP contribution in [0.2, 0.25) is 0 Å². The van der Waals surface area contributed by atoms with Crippen molar-refractivity contribution < 1.29 is 18.7 Å². The highest BCUT2D eigenvalue weighted by Crippen LogP contribution is 2.25. The van der Waals surface area contributed by atoms with Crippen LogP contribution in [0, 0.1) is 11.6 Å². The molecule has 0 aromatic heterocycles. The SMILES string of the molecule is O=C(CN=Cc1c(O)ccc2ccccc12)Nc1ccc(F)c(F)c1. The summed E-state index contributed by atoms with van der Waals surface area (Å²) in [5, 5.41) is 14.2. The molecule has 25 heavy (non-hydrogen) atoms. The van der Waals surface area contributed by atoms with Gasteiger partial charge in [0.2, 0.25) is 5.91 Å². The Labute approximate surface area is 142 Å². The number of nitrogens with one attached hydrogen (secondary N) is 1. The summed E-state index contributed by atoms with van der Waals surface area (Å²) in [6.07, 6.45) is 1.42. The number of carbonyl (C=O) groups is 1.